The Balaban J connectivity index is 1.46. The second-order valence-electron chi connectivity index (χ2n) is 10.0. The average molecular weight is 551 g/mol. The Morgan fingerprint density at radius 1 is 1.00 bits per heavy atom. The predicted molar refractivity (Wildman–Crippen MR) is 150 cm³/mol. The molecule has 1 aromatic heterocycles. The van der Waals surface area contributed by atoms with Gasteiger partial charge in [0.05, 0.1) is 6.61 Å². The molecule has 2 aliphatic heterocycles. The number of rotatable bonds is 11. The summed E-state index contributed by atoms with van der Waals surface area (Å²) in [5.74, 6) is 0.329. The van der Waals surface area contributed by atoms with Crippen molar-refractivity contribution >= 4 is 30.0 Å². The van der Waals surface area contributed by atoms with Gasteiger partial charge < -0.3 is 29.5 Å². The smallest absolute Gasteiger partial charge is 0.409 e. The zero-order chi connectivity index (χ0) is 28.3. The molecule has 3 heterocycles. The van der Waals surface area contributed by atoms with Crippen molar-refractivity contribution in [3.63, 3.8) is 0 Å². The lowest BCUT2D eigenvalue weighted by molar-refractivity contribution is -0.135. The van der Waals surface area contributed by atoms with Gasteiger partial charge in [0.25, 0.3) is 5.91 Å². The Bertz CT molecular complexity index is 1160. The molecule has 0 unspecified atom stereocenters. The van der Waals surface area contributed by atoms with Crippen LogP contribution in [0.1, 0.15) is 55.9 Å². The molecule has 2 saturated heterocycles. The van der Waals surface area contributed by atoms with Crippen LogP contribution in [0.15, 0.2) is 36.4 Å². The lowest BCUT2D eigenvalue weighted by Crippen LogP contribution is -2.56. The fraction of sp³-hybridized carbons (Fsp3) is 0.517. The fourth-order valence-electron chi connectivity index (χ4n) is 4.82. The first-order valence-electron chi connectivity index (χ1n) is 14.1. The number of ether oxygens (including phenoxy) is 1. The quantitative estimate of drug-likeness (QED) is 0.335. The summed E-state index contributed by atoms with van der Waals surface area (Å²) in [7, 11) is 0. The van der Waals surface area contributed by atoms with E-state index in [1.807, 2.05) is 37.3 Å². The molecule has 214 valence electrons. The van der Waals surface area contributed by atoms with Gasteiger partial charge in [-0.25, -0.2) is 14.8 Å². The number of carbonyl (C=O) groups excluding carboxylic acids is 4. The number of nitrogens with zero attached hydrogens (tertiary/aromatic N) is 5. The molecule has 1 aromatic carbocycles. The van der Waals surface area contributed by atoms with Crippen LogP contribution in [0.25, 0.3) is 11.4 Å². The summed E-state index contributed by atoms with van der Waals surface area (Å²) in [5, 5.41) is 2.83. The summed E-state index contributed by atoms with van der Waals surface area (Å²) >= 11 is 0. The molecule has 2 aromatic rings. The molecule has 0 bridgehead atoms. The van der Waals surface area contributed by atoms with Crippen LogP contribution >= 0.6 is 0 Å². The molecule has 11 nitrogen and oxygen atoms in total. The second-order valence-corrected chi connectivity index (χ2v) is 10.0. The number of hydrogen-bond acceptors (Lipinski definition) is 8. The normalized spacial score (nSPS) is 16.0. The van der Waals surface area contributed by atoms with Gasteiger partial charge in [-0.1, -0.05) is 43.7 Å². The summed E-state index contributed by atoms with van der Waals surface area (Å²) in [5.41, 5.74) is 0.955. The van der Waals surface area contributed by atoms with Crippen LogP contribution in [-0.4, -0.2) is 95.9 Å². The first kappa shape index (κ1) is 29.0. The van der Waals surface area contributed by atoms with Gasteiger partial charge in [-0.05, 0) is 25.7 Å². The van der Waals surface area contributed by atoms with Gasteiger partial charge >= 0.3 is 6.09 Å². The van der Waals surface area contributed by atoms with E-state index in [-0.39, 0.29) is 30.5 Å². The van der Waals surface area contributed by atoms with E-state index in [9.17, 15) is 19.2 Å². The number of benzene rings is 1. The number of aldehydes is 1. The maximum Gasteiger partial charge on any atom is 0.409 e. The maximum absolute atomic E-state index is 13.5. The number of amides is 3. The summed E-state index contributed by atoms with van der Waals surface area (Å²) in [6.45, 7) is 5.43. The van der Waals surface area contributed by atoms with E-state index < -0.39 is 11.9 Å². The van der Waals surface area contributed by atoms with E-state index >= 15 is 0 Å². The zero-order valence-electron chi connectivity index (χ0n) is 23.1. The Labute approximate surface area is 234 Å². The van der Waals surface area contributed by atoms with Gasteiger partial charge in [-0.15, -0.1) is 0 Å². The van der Waals surface area contributed by atoms with E-state index in [1.54, 1.807) is 15.9 Å². The molecular formula is C29H38N6O5. The van der Waals surface area contributed by atoms with Gasteiger partial charge in [-0.2, -0.15) is 0 Å². The molecule has 2 aliphatic rings. The molecule has 0 spiro atoms. The number of anilines is 1. The van der Waals surface area contributed by atoms with Crippen molar-refractivity contribution in [2.24, 2.45) is 0 Å². The van der Waals surface area contributed by atoms with Crippen molar-refractivity contribution in [3.05, 3.63) is 42.1 Å². The van der Waals surface area contributed by atoms with Gasteiger partial charge in [0.15, 0.2) is 5.82 Å². The minimum Gasteiger partial charge on any atom is -0.449 e. The Morgan fingerprint density at radius 3 is 2.38 bits per heavy atom. The monoisotopic (exact) mass is 550 g/mol. The van der Waals surface area contributed by atoms with Crippen LogP contribution in [-0.2, 0) is 14.3 Å². The number of nitrogens with one attached hydrogen (secondary N) is 1. The Hall–Kier alpha value is -4.02. The summed E-state index contributed by atoms with van der Waals surface area (Å²) in [6.07, 6.45) is 4.50. The first-order chi connectivity index (χ1) is 19.5. The molecule has 1 atom stereocenters. The van der Waals surface area contributed by atoms with Crippen LogP contribution in [0.4, 0.5) is 10.6 Å². The molecule has 11 heteroatoms. The number of carbonyl (C=O) groups is 4. The number of hydrogen-bond donors (Lipinski definition) is 1. The van der Waals surface area contributed by atoms with Crippen molar-refractivity contribution in [1.29, 1.82) is 0 Å². The van der Waals surface area contributed by atoms with Crippen LogP contribution in [0.5, 0.6) is 0 Å². The van der Waals surface area contributed by atoms with Crippen LogP contribution < -0.4 is 10.2 Å². The third-order valence-electron chi connectivity index (χ3n) is 7.16. The highest BCUT2D eigenvalue weighted by molar-refractivity contribution is 5.97. The minimum absolute atomic E-state index is 0.123. The van der Waals surface area contributed by atoms with Crippen molar-refractivity contribution in [1.82, 2.24) is 25.1 Å². The largest absolute Gasteiger partial charge is 0.449 e. The predicted octanol–water partition coefficient (Wildman–Crippen LogP) is 2.90. The average Bonchev–Trinajstić information content (AvgIpc) is 3.54. The summed E-state index contributed by atoms with van der Waals surface area (Å²) in [6, 6.07) is 10.2. The third-order valence-corrected chi connectivity index (χ3v) is 7.16. The van der Waals surface area contributed by atoms with Crippen molar-refractivity contribution in [3.8, 4) is 11.4 Å². The topological polar surface area (TPSA) is 125 Å². The third kappa shape index (κ3) is 7.55. The highest BCUT2D eigenvalue weighted by Crippen LogP contribution is 2.23. The molecule has 40 heavy (non-hydrogen) atoms. The zero-order valence-corrected chi connectivity index (χ0v) is 23.1. The van der Waals surface area contributed by atoms with Crippen LogP contribution in [0, 0.1) is 0 Å². The molecule has 0 aliphatic carbocycles. The van der Waals surface area contributed by atoms with E-state index in [4.69, 9.17) is 9.72 Å². The van der Waals surface area contributed by atoms with Gasteiger partial charge in [-0.3, -0.25) is 9.59 Å². The minimum atomic E-state index is -0.897. The van der Waals surface area contributed by atoms with Crippen molar-refractivity contribution < 1.29 is 23.9 Å². The van der Waals surface area contributed by atoms with E-state index in [1.165, 1.54) is 0 Å². The molecule has 2 fully saturated rings. The fourth-order valence-corrected chi connectivity index (χ4v) is 4.82. The standard InChI is InChI=1S/C29H38N6O5/c1-2-3-20-40-29(39)35-17-15-34(16-18-35)28(38)23(12-9-19-36)31-27(37)24-21-25(33-13-7-8-14-33)32-26(30-24)22-10-5-4-6-11-22/h4-6,10-11,19,21,23H,2-3,7-9,12-18,20H2,1H3,(H,31,37)/t23-/m0/s1. The summed E-state index contributed by atoms with van der Waals surface area (Å²) < 4.78 is 5.28. The lowest BCUT2D eigenvalue weighted by Gasteiger charge is -2.36. The van der Waals surface area contributed by atoms with Crippen molar-refractivity contribution in [2.45, 2.75) is 51.5 Å². The van der Waals surface area contributed by atoms with Crippen LogP contribution in [0.3, 0.4) is 0 Å². The number of aromatic nitrogens is 2. The Kier molecular flexibility index (Phi) is 10.4. The van der Waals surface area contributed by atoms with Gasteiger partial charge in [0.1, 0.15) is 23.8 Å². The maximum atomic E-state index is 13.5. The van der Waals surface area contributed by atoms with E-state index in [0.29, 0.717) is 44.4 Å². The number of unbranched alkanes of at least 4 members (excludes halogenated alkanes) is 1. The summed E-state index contributed by atoms with van der Waals surface area (Å²) in [4.78, 5) is 64.9. The van der Waals surface area contributed by atoms with Crippen molar-refractivity contribution in [2.75, 3.05) is 50.8 Å². The first-order valence-corrected chi connectivity index (χ1v) is 14.1. The number of piperazine rings is 1. The van der Waals surface area contributed by atoms with Gasteiger partial charge in [0, 0.05) is 57.3 Å². The van der Waals surface area contributed by atoms with Crippen LogP contribution in [0.2, 0.25) is 0 Å². The highest BCUT2D eigenvalue weighted by atomic mass is 16.6. The molecule has 0 saturated carbocycles. The SMILES string of the molecule is CCCCOC(=O)N1CCN(C(=O)[C@H](CCC=O)NC(=O)c2cc(N3CCCC3)nc(-c3ccccc3)n2)CC1. The van der Waals surface area contributed by atoms with E-state index in [0.717, 1.165) is 50.6 Å². The molecule has 0 radical (unpaired) electrons. The van der Waals surface area contributed by atoms with Gasteiger partial charge in [0.2, 0.25) is 5.91 Å². The molecule has 4 rings (SSSR count). The highest BCUT2D eigenvalue weighted by Gasteiger charge is 2.31. The molecular weight excluding hydrogens is 512 g/mol. The second kappa shape index (κ2) is 14.4. The Morgan fingerprint density at radius 2 is 1.70 bits per heavy atom. The van der Waals surface area contributed by atoms with E-state index in [2.05, 4.69) is 15.2 Å². The lowest BCUT2D eigenvalue weighted by atomic mass is 10.1. The molecule has 1 N–H and O–H groups in total. The molecule has 3 amide bonds.